The van der Waals surface area contributed by atoms with Crippen molar-refractivity contribution in [3.63, 3.8) is 0 Å². The van der Waals surface area contributed by atoms with Crippen molar-refractivity contribution in [1.29, 1.82) is 0 Å². The molecule has 3 aromatic heterocycles. The fourth-order valence-corrected chi connectivity index (χ4v) is 4.40. The van der Waals surface area contributed by atoms with Gasteiger partial charge in [-0.2, -0.15) is 0 Å². The quantitative estimate of drug-likeness (QED) is 0.255. The van der Waals surface area contributed by atoms with Crippen LogP contribution in [0.25, 0.3) is 22.3 Å². The number of likely N-dealkylation sites (N-methyl/N-ethyl adjacent to an activating group) is 1. The van der Waals surface area contributed by atoms with Gasteiger partial charge in [-0.3, -0.25) is 9.78 Å². The van der Waals surface area contributed by atoms with Crippen LogP contribution in [0.2, 0.25) is 10.0 Å². The zero-order valence-corrected chi connectivity index (χ0v) is 21.4. The molecule has 9 heteroatoms. The lowest BCUT2D eigenvalue weighted by Gasteiger charge is -2.20. The summed E-state index contributed by atoms with van der Waals surface area (Å²) in [6.07, 6.45) is 4.35. The Labute approximate surface area is 213 Å². The number of furan rings is 1. The van der Waals surface area contributed by atoms with Crippen LogP contribution < -0.4 is 9.47 Å². The molecule has 4 rings (SSSR count). The molecule has 0 radical (unpaired) electrons. The zero-order chi connectivity index (χ0) is 25.1. The number of pyridine rings is 2. The standard InChI is InChI=1S/C26H25Cl2N3O4/c1-15(14-31(2)3)34-23-8-6-5-7-16(23)24-10-17-19(11-30-26(33-4)25(17)35-24)22(32)9-18-20(27)12-29-13-21(18)28/h5-8,10-13,15H,9,14H2,1-4H3. The third-order valence-corrected chi connectivity index (χ3v) is 6.07. The van der Waals surface area contributed by atoms with Crippen molar-refractivity contribution in [3.8, 4) is 23.0 Å². The number of halogens is 2. The fraction of sp³-hybridized carbons (Fsp3) is 0.269. The third-order valence-electron chi connectivity index (χ3n) is 5.41. The number of aromatic nitrogens is 2. The molecule has 0 spiro atoms. The molecule has 0 aliphatic rings. The van der Waals surface area contributed by atoms with Gasteiger partial charge < -0.3 is 18.8 Å². The maximum Gasteiger partial charge on any atom is 0.258 e. The van der Waals surface area contributed by atoms with Gasteiger partial charge in [-0.25, -0.2) is 4.98 Å². The number of carbonyl (C=O) groups excluding carboxylic acids is 1. The number of carbonyl (C=O) groups is 1. The van der Waals surface area contributed by atoms with Crippen molar-refractivity contribution < 1.29 is 18.7 Å². The Morgan fingerprint density at radius 2 is 1.86 bits per heavy atom. The van der Waals surface area contributed by atoms with Crippen molar-refractivity contribution in [2.45, 2.75) is 19.4 Å². The van der Waals surface area contributed by atoms with Crippen molar-refractivity contribution in [3.05, 3.63) is 70.1 Å². The predicted molar refractivity (Wildman–Crippen MR) is 137 cm³/mol. The van der Waals surface area contributed by atoms with E-state index in [-0.39, 0.29) is 24.2 Å². The number of ether oxygens (including phenoxy) is 2. The van der Waals surface area contributed by atoms with Crippen molar-refractivity contribution in [2.75, 3.05) is 27.7 Å². The predicted octanol–water partition coefficient (Wildman–Crippen LogP) is 5.96. The highest BCUT2D eigenvalue weighted by Gasteiger charge is 2.22. The lowest BCUT2D eigenvalue weighted by atomic mass is 10.0. The molecule has 0 bridgehead atoms. The summed E-state index contributed by atoms with van der Waals surface area (Å²) in [6.45, 7) is 2.76. The second-order valence-electron chi connectivity index (χ2n) is 8.40. The molecule has 1 atom stereocenters. The van der Waals surface area contributed by atoms with E-state index in [1.807, 2.05) is 45.3 Å². The van der Waals surface area contributed by atoms with Gasteiger partial charge in [-0.1, -0.05) is 35.3 Å². The Morgan fingerprint density at radius 1 is 1.14 bits per heavy atom. The van der Waals surface area contributed by atoms with Gasteiger partial charge in [-0.15, -0.1) is 0 Å². The molecule has 1 aromatic carbocycles. The van der Waals surface area contributed by atoms with Crippen LogP contribution in [0.15, 0.2) is 53.3 Å². The molecule has 3 heterocycles. The van der Waals surface area contributed by atoms with E-state index in [9.17, 15) is 4.79 Å². The number of Topliss-reactive ketones (excluding diaryl/α,β-unsaturated/α-hetero) is 1. The molecule has 0 amide bonds. The van der Waals surface area contributed by atoms with Gasteiger partial charge in [0.05, 0.1) is 22.7 Å². The van der Waals surface area contributed by atoms with E-state index in [1.54, 1.807) is 6.07 Å². The summed E-state index contributed by atoms with van der Waals surface area (Å²) in [5.41, 5.74) is 2.01. The van der Waals surface area contributed by atoms with Gasteiger partial charge in [0.15, 0.2) is 11.4 Å². The second kappa shape index (κ2) is 10.6. The monoisotopic (exact) mass is 513 g/mol. The largest absolute Gasteiger partial charge is 0.489 e. The van der Waals surface area contributed by atoms with Crippen LogP contribution in [0.1, 0.15) is 22.8 Å². The van der Waals surface area contributed by atoms with Crippen LogP contribution in [0.5, 0.6) is 11.6 Å². The van der Waals surface area contributed by atoms with Crippen LogP contribution in [0, 0.1) is 0 Å². The number of fused-ring (bicyclic) bond motifs is 1. The van der Waals surface area contributed by atoms with Crippen LogP contribution in [-0.2, 0) is 6.42 Å². The van der Waals surface area contributed by atoms with Gasteiger partial charge in [0, 0.05) is 48.1 Å². The topological polar surface area (TPSA) is 77.7 Å². The van der Waals surface area contributed by atoms with Crippen LogP contribution in [0.3, 0.4) is 0 Å². The first-order valence-corrected chi connectivity index (χ1v) is 11.7. The van der Waals surface area contributed by atoms with Crippen molar-refractivity contribution in [1.82, 2.24) is 14.9 Å². The molecule has 182 valence electrons. The molecule has 0 fully saturated rings. The molecule has 0 aliphatic carbocycles. The van der Waals surface area contributed by atoms with Gasteiger partial charge in [0.2, 0.25) is 0 Å². The molecule has 1 unspecified atom stereocenters. The van der Waals surface area contributed by atoms with E-state index in [1.165, 1.54) is 25.7 Å². The van der Waals surface area contributed by atoms with Crippen molar-refractivity contribution in [2.24, 2.45) is 0 Å². The van der Waals surface area contributed by atoms with E-state index in [4.69, 9.17) is 37.1 Å². The molecule has 0 saturated heterocycles. The number of hydrogen-bond acceptors (Lipinski definition) is 7. The average Bonchev–Trinajstić information content (AvgIpc) is 3.26. The van der Waals surface area contributed by atoms with E-state index < -0.39 is 0 Å². The molecule has 4 aromatic rings. The number of ketones is 1. The summed E-state index contributed by atoms with van der Waals surface area (Å²) in [4.78, 5) is 23.6. The number of nitrogens with zero attached hydrogens (tertiary/aromatic N) is 3. The average molecular weight is 514 g/mol. The Kier molecular flexibility index (Phi) is 7.60. The SMILES string of the molecule is COc1ncc(C(=O)Cc2c(Cl)cncc2Cl)c2cc(-c3ccccc3OC(C)CN(C)C)oc12. The smallest absolute Gasteiger partial charge is 0.258 e. The summed E-state index contributed by atoms with van der Waals surface area (Å²) in [7, 11) is 5.49. The van der Waals surface area contributed by atoms with Crippen molar-refractivity contribution >= 4 is 40.0 Å². The summed E-state index contributed by atoms with van der Waals surface area (Å²) in [6, 6.07) is 9.42. The molecule has 0 aliphatic heterocycles. The fourth-order valence-electron chi connectivity index (χ4n) is 3.91. The van der Waals surface area contributed by atoms with Gasteiger partial charge in [0.25, 0.3) is 5.88 Å². The molecular formula is C26H25Cl2N3O4. The minimum atomic E-state index is -0.211. The Hall–Kier alpha value is -3.13. The van der Waals surface area contributed by atoms with E-state index in [2.05, 4.69) is 14.9 Å². The van der Waals surface area contributed by atoms with E-state index in [0.717, 1.165) is 12.1 Å². The molecular weight excluding hydrogens is 489 g/mol. The van der Waals surface area contributed by atoms with Crippen LogP contribution in [0.4, 0.5) is 0 Å². The molecule has 7 nitrogen and oxygen atoms in total. The lowest BCUT2D eigenvalue weighted by Crippen LogP contribution is -2.28. The summed E-state index contributed by atoms with van der Waals surface area (Å²) >= 11 is 12.5. The maximum atomic E-state index is 13.3. The second-order valence-corrected chi connectivity index (χ2v) is 9.22. The van der Waals surface area contributed by atoms with E-state index in [0.29, 0.717) is 43.7 Å². The highest BCUT2D eigenvalue weighted by atomic mass is 35.5. The minimum absolute atomic E-state index is 0.00838. The van der Waals surface area contributed by atoms with Gasteiger partial charge in [0.1, 0.15) is 17.6 Å². The number of hydrogen-bond donors (Lipinski definition) is 0. The van der Waals surface area contributed by atoms with E-state index >= 15 is 0 Å². The maximum absolute atomic E-state index is 13.3. The van der Waals surface area contributed by atoms with Crippen LogP contribution in [-0.4, -0.2) is 54.5 Å². The molecule has 35 heavy (non-hydrogen) atoms. The Bertz CT molecular complexity index is 1350. The summed E-state index contributed by atoms with van der Waals surface area (Å²) in [5, 5.41) is 1.23. The Balaban J connectivity index is 1.76. The van der Waals surface area contributed by atoms with Crippen LogP contribution >= 0.6 is 23.2 Å². The first-order valence-electron chi connectivity index (χ1n) is 11.0. The first-order chi connectivity index (χ1) is 16.8. The van der Waals surface area contributed by atoms with Gasteiger partial charge in [-0.05, 0) is 39.2 Å². The molecule has 0 N–H and O–H groups in total. The summed E-state index contributed by atoms with van der Waals surface area (Å²) < 4.78 is 17.8. The number of benzene rings is 1. The summed E-state index contributed by atoms with van der Waals surface area (Å²) in [5.74, 6) is 1.28. The highest BCUT2D eigenvalue weighted by molar-refractivity contribution is 6.36. The first kappa shape index (κ1) is 25.0. The third kappa shape index (κ3) is 5.42. The number of para-hydroxylation sites is 1. The zero-order valence-electron chi connectivity index (χ0n) is 19.8. The highest BCUT2D eigenvalue weighted by Crippen LogP contribution is 2.38. The minimum Gasteiger partial charge on any atom is -0.489 e. The number of rotatable bonds is 9. The van der Waals surface area contributed by atoms with Gasteiger partial charge >= 0.3 is 0 Å². The Morgan fingerprint density at radius 3 is 2.54 bits per heavy atom. The molecule has 0 saturated carbocycles. The number of methoxy groups -OCH3 is 1. The normalized spacial score (nSPS) is 12.2. The lowest BCUT2D eigenvalue weighted by molar-refractivity contribution is 0.0994.